The van der Waals surface area contributed by atoms with Crippen molar-refractivity contribution in [2.75, 3.05) is 6.54 Å². The normalized spacial score (nSPS) is 15.8. The lowest BCUT2D eigenvalue weighted by Gasteiger charge is -2.16. The molecule has 0 radical (unpaired) electrons. The van der Waals surface area contributed by atoms with Crippen molar-refractivity contribution in [2.45, 2.75) is 44.9 Å². The largest absolute Gasteiger partial charge is 0.457 e. The summed E-state index contributed by atoms with van der Waals surface area (Å²) >= 11 is 0. The summed E-state index contributed by atoms with van der Waals surface area (Å²) in [6, 6.07) is 5.68. The van der Waals surface area contributed by atoms with E-state index in [-0.39, 0.29) is 12.6 Å². The maximum atomic E-state index is 11.7. The van der Waals surface area contributed by atoms with Gasteiger partial charge in [0.15, 0.2) is 0 Å². The Labute approximate surface area is 184 Å². The number of aromatic nitrogens is 4. The summed E-state index contributed by atoms with van der Waals surface area (Å²) in [5, 5.41) is 27.6. The molecule has 0 amide bonds. The van der Waals surface area contributed by atoms with Gasteiger partial charge < -0.3 is 15.2 Å². The van der Waals surface area contributed by atoms with Crippen molar-refractivity contribution >= 4 is 5.97 Å². The molecule has 0 unspecified atom stereocenters. The molecule has 2 N–H and O–H groups in total. The summed E-state index contributed by atoms with van der Waals surface area (Å²) in [6.07, 6.45) is 6.51. The molecule has 162 valence electrons. The number of rotatable bonds is 7. The molecule has 2 aliphatic rings. The van der Waals surface area contributed by atoms with Crippen molar-refractivity contribution in [1.82, 2.24) is 25.1 Å². The van der Waals surface area contributed by atoms with Crippen molar-refractivity contribution in [3.8, 4) is 12.0 Å². The number of ether oxygens (including phenoxy) is 1. The van der Waals surface area contributed by atoms with Gasteiger partial charge in [-0.25, -0.2) is 19.4 Å². The van der Waals surface area contributed by atoms with Gasteiger partial charge in [0.1, 0.15) is 12.7 Å². The lowest BCUT2D eigenvalue weighted by molar-refractivity contribution is 0.0535. The number of fused-ring (bicyclic) bond motifs is 1. The zero-order valence-corrected chi connectivity index (χ0v) is 17.6. The zero-order chi connectivity index (χ0) is 22.2. The third kappa shape index (κ3) is 3.75. The minimum Gasteiger partial charge on any atom is -0.457 e. The predicted octanol–water partition coefficient (Wildman–Crippen LogP) is 2.21. The summed E-state index contributed by atoms with van der Waals surface area (Å²) in [5.74, 6) is 0.485. The summed E-state index contributed by atoms with van der Waals surface area (Å²) in [6.45, 7) is 2.98. The molecular weight excluding hydrogens is 408 g/mol. The van der Waals surface area contributed by atoms with Crippen LogP contribution >= 0.6 is 0 Å². The minimum absolute atomic E-state index is 0.256. The molecule has 32 heavy (non-hydrogen) atoms. The van der Waals surface area contributed by atoms with Crippen molar-refractivity contribution < 1.29 is 14.6 Å². The van der Waals surface area contributed by atoms with Crippen LogP contribution in [-0.4, -0.2) is 37.4 Å². The predicted molar refractivity (Wildman–Crippen MR) is 113 cm³/mol. The second kappa shape index (κ2) is 8.15. The molecule has 1 atom stereocenters. The summed E-state index contributed by atoms with van der Waals surface area (Å²) in [5.41, 5.74) is 5.35. The molecule has 0 saturated heterocycles. The molecule has 1 aromatic carbocycles. The maximum absolute atomic E-state index is 11.7. The van der Waals surface area contributed by atoms with Gasteiger partial charge in [-0.05, 0) is 37.0 Å². The second-order valence-electron chi connectivity index (χ2n) is 8.18. The van der Waals surface area contributed by atoms with Gasteiger partial charge in [0, 0.05) is 42.5 Å². The molecule has 0 spiro atoms. The first kappa shape index (κ1) is 20.3. The molecule has 3 aromatic rings. The van der Waals surface area contributed by atoms with E-state index < -0.39 is 6.10 Å². The standard InChI is InChI=1S/C23H22N6O3/c1-13-17(4-5-18-19(13)12-32-22(18)31)20(30)10-25-7-14-8-26-23(27-9-14)29-11-16(6-24)21(28-29)15-2-3-15/h4-5,8-9,11,15,20,25,30H,2-3,7,10,12H2,1H3/t20-/m0/s1. The molecule has 9 nitrogen and oxygen atoms in total. The van der Waals surface area contributed by atoms with Gasteiger partial charge in [0.25, 0.3) is 0 Å². The van der Waals surface area contributed by atoms with Gasteiger partial charge in [0.2, 0.25) is 5.95 Å². The average molecular weight is 430 g/mol. The molecule has 1 aliphatic heterocycles. The Balaban J connectivity index is 1.20. The van der Waals surface area contributed by atoms with Gasteiger partial charge in [-0.1, -0.05) is 6.07 Å². The maximum Gasteiger partial charge on any atom is 0.338 e. The number of hydrogen-bond donors (Lipinski definition) is 2. The van der Waals surface area contributed by atoms with E-state index in [1.165, 1.54) is 0 Å². The molecule has 9 heteroatoms. The highest BCUT2D eigenvalue weighted by Crippen LogP contribution is 2.40. The lowest BCUT2D eigenvalue weighted by atomic mass is 9.95. The lowest BCUT2D eigenvalue weighted by Crippen LogP contribution is -2.22. The SMILES string of the molecule is Cc1c([C@@H](O)CNCc2cnc(-n3cc(C#N)c(C4CC4)n3)nc2)ccc2c1COC2=O. The molecule has 1 fully saturated rings. The van der Waals surface area contributed by atoms with Crippen LogP contribution in [0, 0.1) is 18.3 Å². The molecule has 0 bridgehead atoms. The molecule has 5 rings (SSSR count). The van der Waals surface area contributed by atoms with E-state index in [0.29, 0.717) is 36.1 Å². The first-order chi connectivity index (χ1) is 15.5. The Bertz CT molecular complexity index is 1220. The number of carbonyl (C=O) groups excluding carboxylic acids is 1. The van der Waals surface area contributed by atoms with Gasteiger partial charge in [-0.3, -0.25) is 0 Å². The number of nitrogens with one attached hydrogen (secondary N) is 1. The summed E-state index contributed by atoms with van der Waals surface area (Å²) < 4.78 is 6.63. The van der Waals surface area contributed by atoms with Crippen molar-refractivity contribution in [1.29, 1.82) is 5.26 Å². The molecule has 1 aliphatic carbocycles. The summed E-state index contributed by atoms with van der Waals surface area (Å²) in [4.78, 5) is 20.4. The van der Waals surface area contributed by atoms with Crippen LogP contribution in [0.2, 0.25) is 0 Å². The van der Waals surface area contributed by atoms with Crippen LogP contribution in [0.25, 0.3) is 5.95 Å². The Kier molecular flexibility index (Phi) is 5.17. The van der Waals surface area contributed by atoms with E-state index in [1.54, 1.807) is 35.4 Å². The van der Waals surface area contributed by atoms with Gasteiger partial charge in [-0.15, -0.1) is 0 Å². The first-order valence-corrected chi connectivity index (χ1v) is 10.5. The highest BCUT2D eigenvalue weighted by molar-refractivity contribution is 5.93. The Morgan fingerprint density at radius 1 is 1.34 bits per heavy atom. The number of aliphatic hydroxyl groups excluding tert-OH is 1. The number of hydrogen-bond acceptors (Lipinski definition) is 8. The van der Waals surface area contributed by atoms with E-state index >= 15 is 0 Å². The summed E-state index contributed by atoms with van der Waals surface area (Å²) in [7, 11) is 0. The van der Waals surface area contributed by atoms with Crippen LogP contribution in [0.3, 0.4) is 0 Å². The van der Waals surface area contributed by atoms with Crippen LogP contribution in [0.5, 0.6) is 0 Å². The Hall–Kier alpha value is -3.61. The Morgan fingerprint density at radius 2 is 2.12 bits per heavy atom. The number of esters is 1. The monoisotopic (exact) mass is 430 g/mol. The topological polar surface area (TPSA) is 126 Å². The van der Waals surface area contributed by atoms with Crippen LogP contribution in [0.15, 0.2) is 30.7 Å². The van der Waals surface area contributed by atoms with E-state index in [0.717, 1.165) is 40.8 Å². The number of nitrogens with zero attached hydrogens (tertiary/aromatic N) is 5. The van der Waals surface area contributed by atoms with Crippen molar-refractivity contribution in [2.24, 2.45) is 0 Å². The van der Waals surface area contributed by atoms with Crippen LogP contribution in [0.4, 0.5) is 0 Å². The average Bonchev–Trinajstić information content (AvgIpc) is 3.44. The highest BCUT2D eigenvalue weighted by atomic mass is 16.5. The quantitative estimate of drug-likeness (QED) is 0.547. The van der Waals surface area contributed by atoms with Crippen molar-refractivity contribution in [3.63, 3.8) is 0 Å². The van der Waals surface area contributed by atoms with E-state index in [1.807, 2.05) is 6.92 Å². The minimum atomic E-state index is -0.717. The van der Waals surface area contributed by atoms with Crippen molar-refractivity contribution in [3.05, 3.63) is 69.8 Å². The molecule has 1 saturated carbocycles. The van der Waals surface area contributed by atoms with Gasteiger partial charge >= 0.3 is 5.97 Å². The Morgan fingerprint density at radius 3 is 2.84 bits per heavy atom. The third-order valence-electron chi connectivity index (χ3n) is 5.96. The first-order valence-electron chi connectivity index (χ1n) is 10.5. The van der Waals surface area contributed by atoms with E-state index in [2.05, 4.69) is 26.5 Å². The van der Waals surface area contributed by atoms with Crippen LogP contribution in [-0.2, 0) is 17.9 Å². The fourth-order valence-electron chi connectivity index (χ4n) is 3.98. The fraction of sp³-hybridized carbons (Fsp3) is 0.348. The number of carbonyl (C=O) groups is 1. The third-order valence-corrected chi connectivity index (χ3v) is 5.96. The van der Waals surface area contributed by atoms with Crippen LogP contribution < -0.4 is 5.32 Å². The van der Waals surface area contributed by atoms with E-state index in [4.69, 9.17) is 4.74 Å². The smallest absolute Gasteiger partial charge is 0.338 e. The fourth-order valence-corrected chi connectivity index (χ4v) is 3.98. The van der Waals surface area contributed by atoms with Crippen LogP contribution in [0.1, 0.15) is 68.7 Å². The number of nitriles is 1. The number of aliphatic hydroxyl groups is 1. The number of benzene rings is 1. The molecule has 3 heterocycles. The highest BCUT2D eigenvalue weighted by Gasteiger charge is 2.30. The van der Waals surface area contributed by atoms with Gasteiger partial charge in [-0.2, -0.15) is 10.4 Å². The molecular formula is C23H22N6O3. The van der Waals surface area contributed by atoms with Gasteiger partial charge in [0.05, 0.1) is 29.1 Å². The number of cyclic esters (lactones) is 1. The zero-order valence-electron chi connectivity index (χ0n) is 17.6. The molecule has 2 aromatic heterocycles. The van der Waals surface area contributed by atoms with E-state index in [9.17, 15) is 15.2 Å². The second-order valence-corrected chi connectivity index (χ2v) is 8.18.